The van der Waals surface area contributed by atoms with Gasteiger partial charge in [-0.05, 0) is 107 Å². The first-order valence-corrected chi connectivity index (χ1v) is 24.6. The molecule has 0 saturated heterocycles. The van der Waals surface area contributed by atoms with Crippen molar-refractivity contribution in [2.75, 3.05) is 0 Å². The minimum atomic E-state index is 0.107. The van der Waals surface area contributed by atoms with E-state index >= 15 is 0 Å². The fraction of sp³-hybridized carbons (Fsp3) is 0.981. The lowest BCUT2D eigenvalue weighted by Crippen LogP contribution is -2.69. The minimum Gasteiger partial charge on any atom is -0.0654 e. The second-order valence-corrected chi connectivity index (χ2v) is 21.5. The number of unbranched alkanes of at least 4 members (excludes halogenated alkanes) is 1. The van der Waals surface area contributed by atoms with Crippen LogP contribution in [0.4, 0.5) is 0 Å². The van der Waals surface area contributed by atoms with Gasteiger partial charge in [0.1, 0.15) is 0 Å². The van der Waals surface area contributed by atoms with Crippen LogP contribution in [-0.2, 0) is 0 Å². The molecule has 0 saturated carbocycles. The summed E-state index contributed by atoms with van der Waals surface area (Å²) in [6.07, 6.45) is 26.6. The van der Waals surface area contributed by atoms with E-state index in [0.717, 1.165) is 17.8 Å². The quantitative estimate of drug-likeness (QED) is 0.0663. The molecule has 0 bridgehead atoms. The van der Waals surface area contributed by atoms with E-state index in [1.807, 2.05) is 5.92 Å². The fourth-order valence-corrected chi connectivity index (χ4v) is 14.3. The molecule has 10 atom stereocenters. The van der Waals surface area contributed by atoms with Crippen LogP contribution in [0.3, 0.4) is 0 Å². The highest BCUT2D eigenvalue weighted by atomic mass is 14.8. The third kappa shape index (κ3) is 12.7. The van der Waals surface area contributed by atoms with E-state index in [1.165, 1.54) is 128 Å². The van der Waals surface area contributed by atoms with E-state index < -0.39 is 0 Å². The van der Waals surface area contributed by atoms with Crippen molar-refractivity contribution in [2.24, 2.45) is 68.5 Å². The molecule has 0 aromatic carbocycles. The van der Waals surface area contributed by atoms with Crippen LogP contribution in [-0.4, -0.2) is 0 Å². The van der Waals surface area contributed by atoms with Crippen LogP contribution in [0.5, 0.6) is 0 Å². The highest BCUT2D eigenvalue weighted by molar-refractivity contribution is 5.29. The molecule has 0 amide bonds. The Labute approximate surface area is 340 Å². The summed E-state index contributed by atoms with van der Waals surface area (Å²) in [5, 5.41) is 0. The standard InChI is InChI=1S/C53H107/c1-21-30-35-47(29-9)39-50(19,36-26-6)46(15)53(45(14)34-25-5,51(20,37-27-7)40-49(16,17)18)52(43(12)32-23-3,44(13)33-24-4)48(38-41(10)28-8)42(11)31-22-2/h41-45,47-48H,21-40H2,1-20H3. The van der Waals surface area contributed by atoms with Crippen LogP contribution in [0, 0.1) is 74.4 Å². The van der Waals surface area contributed by atoms with Gasteiger partial charge in [-0.25, -0.2) is 0 Å². The van der Waals surface area contributed by atoms with Gasteiger partial charge in [0.15, 0.2) is 0 Å². The summed E-state index contributed by atoms with van der Waals surface area (Å²) in [6, 6.07) is 0. The van der Waals surface area contributed by atoms with E-state index in [-0.39, 0.29) is 27.1 Å². The van der Waals surface area contributed by atoms with Crippen molar-refractivity contribution in [3.63, 3.8) is 0 Å². The topological polar surface area (TPSA) is 0 Å². The summed E-state index contributed by atoms with van der Waals surface area (Å²) in [5.41, 5.74) is 0.962. The monoisotopic (exact) mass is 744 g/mol. The predicted octanol–water partition coefficient (Wildman–Crippen LogP) is 19.0. The molecular weight excluding hydrogens is 637 g/mol. The Morgan fingerprint density at radius 2 is 1.02 bits per heavy atom. The molecule has 0 spiro atoms. The van der Waals surface area contributed by atoms with Crippen molar-refractivity contribution >= 4 is 0 Å². The zero-order valence-corrected chi connectivity index (χ0v) is 41.2. The van der Waals surface area contributed by atoms with Crippen LogP contribution in [0.1, 0.15) is 267 Å². The maximum absolute atomic E-state index is 2.91. The second kappa shape index (κ2) is 24.7. The summed E-state index contributed by atoms with van der Waals surface area (Å²) in [4.78, 5) is 0. The Kier molecular flexibility index (Phi) is 24.7. The van der Waals surface area contributed by atoms with Crippen molar-refractivity contribution in [1.29, 1.82) is 0 Å². The van der Waals surface area contributed by atoms with Crippen LogP contribution < -0.4 is 0 Å². The van der Waals surface area contributed by atoms with Gasteiger partial charge in [-0.15, -0.1) is 0 Å². The molecule has 0 aliphatic rings. The van der Waals surface area contributed by atoms with E-state index in [4.69, 9.17) is 0 Å². The Morgan fingerprint density at radius 3 is 1.42 bits per heavy atom. The third-order valence-corrected chi connectivity index (χ3v) is 15.9. The molecule has 0 N–H and O–H groups in total. The van der Waals surface area contributed by atoms with Crippen molar-refractivity contribution in [2.45, 2.75) is 267 Å². The molecule has 0 rings (SSSR count). The third-order valence-electron chi connectivity index (χ3n) is 15.9. The lowest BCUT2D eigenvalue weighted by atomic mass is 9.29. The second-order valence-electron chi connectivity index (χ2n) is 21.5. The van der Waals surface area contributed by atoms with Crippen LogP contribution in [0.25, 0.3) is 0 Å². The number of hydrogen-bond donors (Lipinski definition) is 0. The van der Waals surface area contributed by atoms with Gasteiger partial charge in [0, 0.05) is 0 Å². The van der Waals surface area contributed by atoms with Gasteiger partial charge in [-0.1, -0.05) is 235 Å². The van der Waals surface area contributed by atoms with Gasteiger partial charge in [-0.3, -0.25) is 0 Å². The summed E-state index contributed by atoms with van der Waals surface area (Å²) in [5.74, 6) is 6.93. The van der Waals surface area contributed by atoms with Gasteiger partial charge in [-0.2, -0.15) is 0 Å². The maximum atomic E-state index is 2.91. The van der Waals surface area contributed by atoms with E-state index in [1.54, 1.807) is 0 Å². The molecule has 0 nitrogen and oxygen atoms in total. The van der Waals surface area contributed by atoms with Crippen molar-refractivity contribution in [3.8, 4) is 0 Å². The Balaban J connectivity index is 9.59. The molecular formula is C53H107. The molecule has 0 heterocycles. The molecule has 319 valence electrons. The molecule has 0 fully saturated rings. The number of hydrogen-bond acceptors (Lipinski definition) is 0. The average Bonchev–Trinajstić information content (AvgIpc) is 3.07. The van der Waals surface area contributed by atoms with Crippen molar-refractivity contribution in [1.82, 2.24) is 0 Å². The first-order valence-electron chi connectivity index (χ1n) is 24.6. The first kappa shape index (κ1) is 53.0. The van der Waals surface area contributed by atoms with Gasteiger partial charge >= 0.3 is 0 Å². The Morgan fingerprint density at radius 1 is 0.528 bits per heavy atom. The Bertz CT molecular complexity index is 895. The van der Waals surface area contributed by atoms with E-state index in [0.29, 0.717) is 23.7 Å². The zero-order valence-electron chi connectivity index (χ0n) is 41.2. The highest BCUT2D eigenvalue weighted by Gasteiger charge is 2.72. The summed E-state index contributed by atoms with van der Waals surface area (Å²) < 4.78 is 0. The molecule has 0 aromatic rings. The first-order chi connectivity index (χ1) is 24.7. The molecule has 0 aromatic heterocycles. The van der Waals surface area contributed by atoms with Gasteiger partial charge < -0.3 is 0 Å². The molecule has 0 aliphatic carbocycles. The van der Waals surface area contributed by atoms with E-state index in [9.17, 15) is 0 Å². The average molecular weight is 744 g/mol. The lowest BCUT2D eigenvalue weighted by molar-refractivity contribution is -0.232. The SMILES string of the molecule is CCCCC(CC)CC(C)(CCC)[C](C)C(C(C)CCC)(C(C)(CCC)CC(C)(C)C)C(C(C)CCC)(C(C)CCC)C(CC(C)CC)C(C)CCC. The van der Waals surface area contributed by atoms with Gasteiger partial charge in [0.25, 0.3) is 0 Å². The highest BCUT2D eigenvalue weighted by Crippen LogP contribution is 2.78. The fourth-order valence-electron chi connectivity index (χ4n) is 14.3. The van der Waals surface area contributed by atoms with Crippen molar-refractivity contribution < 1.29 is 0 Å². The minimum absolute atomic E-state index is 0.107. The molecule has 53 heavy (non-hydrogen) atoms. The number of rotatable bonds is 31. The van der Waals surface area contributed by atoms with E-state index in [2.05, 4.69) is 138 Å². The van der Waals surface area contributed by atoms with Gasteiger partial charge in [0.2, 0.25) is 0 Å². The zero-order chi connectivity index (χ0) is 41.3. The van der Waals surface area contributed by atoms with Gasteiger partial charge in [0.05, 0.1) is 0 Å². The lowest BCUT2D eigenvalue weighted by Gasteiger charge is -2.75. The van der Waals surface area contributed by atoms with Crippen LogP contribution in [0.2, 0.25) is 0 Å². The molecule has 1 radical (unpaired) electrons. The summed E-state index contributed by atoms with van der Waals surface area (Å²) in [6.45, 7) is 52.7. The van der Waals surface area contributed by atoms with Crippen LogP contribution in [0.15, 0.2) is 0 Å². The maximum Gasteiger partial charge on any atom is -0.00888 e. The molecule has 0 aliphatic heterocycles. The summed E-state index contributed by atoms with van der Waals surface area (Å²) >= 11 is 0. The summed E-state index contributed by atoms with van der Waals surface area (Å²) in [7, 11) is 0. The van der Waals surface area contributed by atoms with Crippen LogP contribution >= 0.6 is 0 Å². The Hall–Kier alpha value is 0. The largest absolute Gasteiger partial charge is 0.0654 e. The normalized spacial score (nSPS) is 21.5. The van der Waals surface area contributed by atoms with Crippen molar-refractivity contribution in [3.05, 3.63) is 5.92 Å². The molecule has 10 unspecified atom stereocenters. The molecule has 0 heteroatoms. The smallest absolute Gasteiger partial charge is 0.00888 e. The predicted molar refractivity (Wildman–Crippen MR) is 246 cm³/mol.